The van der Waals surface area contributed by atoms with Gasteiger partial charge in [0.1, 0.15) is 5.82 Å². The molecular weight excluding hydrogens is 331 g/mol. The van der Waals surface area contributed by atoms with E-state index >= 15 is 0 Å². The van der Waals surface area contributed by atoms with E-state index in [9.17, 15) is 4.39 Å². The minimum Gasteiger partial charge on any atom is -0.381 e. The van der Waals surface area contributed by atoms with Gasteiger partial charge in [-0.2, -0.15) is 0 Å². The fourth-order valence-corrected chi connectivity index (χ4v) is 3.85. The smallest absolute Gasteiger partial charge is 0.193 e. The van der Waals surface area contributed by atoms with Crippen molar-refractivity contribution in [1.82, 2.24) is 10.2 Å². The highest BCUT2D eigenvalue weighted by Crippen LogP contribution is 2.38. The maximum Gasteiger partial charge on any atom is 0.193 e. The van der Waals surface area contributed by atoms with E-state index in [1.165, 1.54) is 18.9 Å². The van der Waals surface area contributed by atoms with Gasteiger partial charge in [-0.15, -0.1) is 0 Å². The van der Waals surface area contributed by atoms with Gasteiger partial charge in [0.05, 0.1) is 6.61 Å². The second kappa shape index (κ2) is 8.71. The number of halogens is 1. The van der Waals surface area contributed by atoms with Crippen molar-refractivity contribution in [2.75, 3.05) is 57.9 Å². The van der Waals surface area contributed by atoms with E-state index in [-0.39, 0.29) is 5.82 Å². The summed E-state index contributed by atoms with van der Waals surface area (Å²) in [4.78, 5) is 9.28. The number of nitrogens with one attached hydrogen (secondary N) is 1. The molecule has 1 spiro atoms. The molecule has 2 aliphatic rings. The van der Waals surface area contributed by atoms with Crippen molar-refractivity contribution in [3.63, 3.8) is 0 Å². The number of anilines is 1. The maximum atomic E-state index is 13.3. The lowest BCUT2D eigenvalue weighted by molar-refractivity contribution is 0.156. The van der Waals surface area contributed by atoms with Crippen LogP contribution in [0.2, 0.25) is 0 Å². The molecule has 1 N–H and O–H groups in total. The summed E-state index contributed by atoms with van der Waals surface area (Å²) >= 11 is 0. The summed E-state index contributed by atoms with van der Waals surface area (Å²) in [5.41, 5.74) is 1.25. The number of hydrogen-bond acceptors (Lipinski definition) is 3. The van der Waals surface area contributed by atoms with Crippen molar-refractivity contribution in [2.24, 2.45) is 10.4 Å². The molecule has 0 aliphatic carbocycles. The molecular formula is C20H31FN4O. The van der Waals surface area contributed by atoms with Crippen LogP contribution in [-0.4, -0.2) is 63.8 Å². The largest absolute Gasteiger partial charge is 0.381 e. The molecule has 1 aromatic carbocycles. The lowest BCUT2D eigenvalue weighted by Crippen LogP contribution is -2.41. The Balaban J connectivity index is 1.50. The van der Waals surface area contributed by atoms with Crippen LogP contribution < -0.4 is 10.2 Å². The lowest BCUT2D eigenvalue weighted by atomic mass is 9.87. The second-order valence-corrected chi connectivity index (χ2v) is 7.46. The molecule has 1 unspecified atom stereocenters. The average molecular weight is 362 g/mol. The molecule has 1 aromatic rings. The minimum atomic E-state index is -0.194. The van der Waals surface area contributed by atoms with Crippen molar-refractivity contribution in [2.45, 2.75) is 26.2 Å². The summed E-state index contributed by atoms with van der Waals surface area (Å²) in [6.07, 6.45) is 3.30. The highest BCUT2D eigenvalue weighted by atomic mass is 19.1. The Bertz CT molecular complexity index is 616. The second-order valence-electron chi connectivity index (χ2n) is 7.46. The third-order valence-electron chi connectivity index (χ3n) is 5.42. The first-order valence-corrected chi connectivity index (χ1v) is 9.70. The SMILES string of the molecule is CCNC(=NCCCN(C)c1cccc(F)c1)N1CCC2(CCOC2)C1. The summed E-state index contributed by atoms with van der Waals surface area (Å²) in [5, 5.41) is 3.43. The highest BCUT2D eigenvalue weighted by Gasteiger charge is 2.42. The number of ether oxygens (including phenoxy) is 1. The Morgan fingerprint density at radius 1 is 1.42 bits per heavy atom. The lowest BCUT2D eigenvalue weighted by Gasteiger charge is -2.25. The predicted molar refractivity (Wildman–Crippen MR) is 104 cm³/mol. The molecule has 0 amide bonds. The van der Waals surface area contributed by atoms with Gasteiger partial charge in [0.2, 0.25) is 0 Å². The van der Waals surface area contributed by atoms with Crippen LogP contribution in [0.15, 0.2) is 29.3 Å². The number of benzene rings is 1. The van der Waals surface area contributed by atoms with Crippen molar-refractivity contribution in [1.29, 1.82) is 0 Å². The zero-order valence-corrected chi connectivity index (χ0v) is 16.0. The zero-order chi connectivity index (χ0) is 18.4. The molecule has 26 heavy (non-hydrogen) atoms. The van der Waals surface area contributed by atoms with E-state index in [0.717, 1.165) is 64.0 Å². The normalized spacial score (nSPS) is 23.0. The fourth-order valence-electron chi connectivity index (χ4n) is 3.85. The van der Waals surface area contributed by atoms with Gasteiger partial charge in [0.15, 0.2) is 5.96 Å². The average Bonchev–Trinajstić information content (AvgIpc) is 3.27. The predicted octanol–water partition coefficient (Wildman–Crippen LogP) is 2.73. The molecule has 6 heteroatoms. The Morgan fingerprint density at radius 2 is 2.31 bits per heavy atom. The van der Waals surface area contributed by atoms with Crippen molar-refractivity contribution >= 4 is 11.6 Å². The molecule has 2 aliphatic heterocycles. The van der Waals surface area contributed by atoms with E-state index in [2.05, 4.69) is 22.0 Å². The van der Waals surface area contributed by atoms with Gasteiger partial charge in [0.25, 0.3) is 0 Å². The zero-order valence-electron chi connectivity index (χ0n) is 16.0. The Morgan fingerprint density at radius 3 is 3.04 bits per heavy atom. The molecule has 2 heterocycles. The number of rotatable bonds is 6. The third kappa shape index (κ3) is 4.67. The Labute approximate surface area is 156 Å². The first-order valence-electron chi connectivity index (χ1n) is 9.70. The molecule has 0 saturated carbocycles. The number of aliphatic imine (C=N–C) groups is 1. The monoisotopic (exact) mass is 362 g/mol. The van der Waals surface area contributed by atoms with Gasteiger partial charge in [0, 0.05) is 57.5 Å². The summed E-state index contributed by atoms with van der Waals surface area (Å²) in [5.74, 6) is 0.824. The molecule has 3 rings (SSSR count). The highest BCUT2D eigenvalue weighted by molar-refractivity contribution is 5.80. The molecule has 1 atom stereocenters. The van der Waals surface area contributed by atoms with Crippen molar-refractivity contribution in [3.8, 4) is 0 Å². The van der Waals surface area contributed by atoms with Crippen molar-refractivity contribution < 1.29 is 9.13 Å². The first kappa shape index (κ1) is 19.0. The van der Waals surface area contributed by atoms with Gasteiger partial charge < -0.3 is 19.9 Å². The van der Waals surface area contributed by atoms with E-state index < -0.39 is 0 Å². The van der Waals surface area contributed by atoms with Crippen LogP contribution in [0.25, 0.3) is 0 Å². The summed E-state index contributed by atoms with van der Waals surface area (Å²) in [7, 11) is 1.99. The van der Waals surface area contributed by atoms with Crippen LogP contribution in [0, 0.1) is 11.2 Å². The van der Waals surface area contributed by atoms with Crippen LogP contribution in [0.1, 0.15) is 26.2 Å². The minimum absolute atomic E-state index is 0.194. The van der Waals surface area contributed by atoms with Gasteiger partial charge in [-0.25, -0.2) is 4.39 Å². The number of guanidine groups is 1. The molecule has 144 valence electrons. The maximum absolute atomic E-state index is 13.3. The van der Waals surface area contributed by atoms with Crippen LogP contribution >= 0.6 is 0 Å². The molecule has 0 aromatic heterocycles. The number of nitrogens with zero attached hydrogens (tertiary/aromatic N) is 3. The van der Waals surface area contributed by atoms with Crippen LogP contribution in [-0.2, 0) is 4.74 Å². The molecule has 0 radical (unpaired) electrons. The molecule has 2 fully saturated rings. The standard InChI is InChI=1S/C20H31FN4O/c1-3-22-19(25-12-8-20(15-25)9-13-26-16-20)23-10-5-11-24(2)18-7-4-6-17(21)14-18/h4,6-7,14H,3,5,8-13,15-16H2,1-2H3,(H,22,23). The van der Waals surface area contributed by atoms with Gasteiger partial charge >= 0.3 is 0 Å². The Hall–Kier alpha value is -1.82. The molecule has 5 nitrogen and oxygen atoms in total. The van der Waals surface area contributed by atoms with Gasteiger partial charge in [-0.05, 0) is 44.4 Å². The number of hydrogen-bond donors (Lipinski definition) is 1. The van der Waals surface area contributed by atoms with Crippen LogP contribution in [0.4, 0.5) is 10.1 Å². The molecule has 2 saturated heterocycles. The van der Waals surface area contributed by atoms with Gasteiger partial charge in [-0.3, -0.25) is 4.99 Å². The fraction of sp³-hybridized carbons (Fsp3) is 0.650. The third-order valence-corrected chi connectivity index (χ3v) is 5.42. The van der Waals surface area contributed by atoms with E-state index in [1.807, 2.05) is 13.1 Å². The van der Waals surface area contributed by atoms with Crippen LogP contribution in [0.5, 0.6) is 0 Å². The quantitative estimate of drug-likeness (QED) is 0.480. The van der Waals surface area contributed by atoms with Crippen LogP contribution in [0.3, 0.4) is 0 Å². The summed E-state index contributed by atoms with van der Waals surface area (Å²) < 4.78 is 19.0. The first-order chi connectivity index (χ1) is 12.6. The van der Waals surface area contributed by atoms with E-state index in [0.29, 0.717) is 5.41 Å². The van der Waals surface area contributed by atoms with E-state index in [1.54, 1.807) is 12.1 Å². The van der Waals surface area contributed by atoms with E-state index in [4.69, 9.17) is 9.73 Å². The van der Waals surface area contributed by atoms with Gasteiger partial charge in [-0.1, -0.05) is 6.07 Å². The molecule has 0 bridgehead atoms. The summed E-state index contributed by atoms with van der Waals surface area (Å²) in [6, 6.07) is 6.73. The topological polar surface area (TPSA) is 40.1 Å². The number of likely N-dealkylation sites (tertiary alicyclic amines) is 1. The van der Waals surface area contributed by atoms with Crippen molar-refractivity contribution in [3.05, 3.63) is 30.1 Å². The Kier molecular flexibility index (Phi) is 6.35. The summed E-state index contributed by atoms with van der Waals surface area (Å²) in [6.45, 7) is 8.49.